The van der Waals surface area contributed by atoms with Crippen LogP contribution in [-0.4, -0.2) is 108 Å². The molecule has 0 radical (unpaired) electrons. The minimum atomic E-state index is -0.509. The molecule has 0 aliphatic carbocycles. The molecule has 17 nitrogen and oxygen atoms in total. The molecule has 0 aliphatic rings. The number of pyridine rings is 2. The molecule has 0 fully saturated rings. The van der Waals surface area contributed by atoms with Crippen LogP contribution in [0.1, 0.15) is 27.6 Å². The molecule has 0 saturated carbocycles. The summed E-state index contributed by atoms with van der Waals surface area (Å²) in [5, 5.41) is 41.8. The van der Waals surface area contributed by atoms with Crippen LogP contribution < -0.4 is 14.2 Å². The number of benzene rings is 4. The maximum Gasteiger partial charge on any atom is 0.341 e. The molecule has 4 heterocycles. The van der Waals surface area contributed by atoms with Gasteiger partial charge in [0.05, 0.1) is 39.6 Å². The van der Waals surface area contributed by atoms with Crippen LogP contribution in [0.2, 0.25) is 0 Å². The number of hydrogen-bond acceptors (Lipinski definition) is 17. The molecule has 0 amide bonds. The van der Waals surface area contributed by atoms with Crippen LogP contribution in [0.3, 0.4) is 0 Å². The van der Waals surface area contributed by atoms with Gasteiger partial charge in [-0.3, -0.25) is 0 Å². The van der Waals surface area contributed by atoms with Crippen LogP contribution in [0.5, 0.6) is 29.0 Å². The van der Waals surface area contributed by atoms with Gasteiger partial charge >= 0.3 is 11.9 Å². The standard InChI is InChI=1S/C21H20N4O5S.C19H16N4O4S/c1-3-29-21(27)14-10-15-16(11-18(14)28-2)24-25(23-15)17-5-4-13-12(19(17)26)6-7-22-20(13)30-8-9-31;1-26-19(25)13-3-2-4-14-16(13)22-23(21-14)15-6-5-12-11(17(15)24)7-8-20-18(12)27-9-10-28/h4-7,10-11,26,31H,3,8-9H2,1-2H3;2-8,24,28H,9-10H2,1H3. The number of carbonyl (C=O) groups excluding carboxylic acids is 2. The van der Waals surface area contributed by atoms with Crippen molar-refractivity contribution in [2.24, 2.45) is 0 Å². The van der Waals surface area contributed by atoms with Gasteiger partial charge in [0, 0.05) is 51.5 Å². The zero-order valence-corrected chi connectivity index (χ0v) is 33.6. The zero-order chi connectivity index (χ0) is 41.6. The van der Waals surface area contributed by atoms with Crippen LogP contribution in [0.25, 0.3) is 55.0 Å². The molecule has 0 unspecified atom stereocenters. The highest BCUT2D eigenvalue weighted by Gasteiger charge is 2.21. The van der Waals surface area contributed by atoms with E-state index in [2.05, 4.69) is 55.6 Å². The Morgan fingerprint density at radius 1 is 0.661 bits per heavy atom. The highest BCUT2D eigenvalue weighted by atomic mass is 32.1. The fourth-order valence-electron chi connectivity index (χ4n) is 6.15. The van der Waals surface area contributed by atoms with Gasteiger partial charge in [-0.1, -0.05) is 6.07 Å². The Kier molecular flexibility index (Phi) is 12.1. The Bertz CT molecular complexity index is 2850. The fraction of sp³-hybridized carbons (Fsp3) is 0.200. The van der Waals surface area contributed by atoms with E-state index < -0.39 is 11.9 Å². The van der Waals surface area contributed by atoms with Crippen LogP contribution in [0.4, 0.5) is 0 Å². The predicted octanol–water partition coefficient (Wildman–Crippen LogP) is 5.94. The number of fused-ring (bicyclic) bond motifs is 4. The summed E-state index contributed by atoms with van der Waals surface area (Å²) < 4.78 is 26.4. The Balaban J connectivity index is 0.000000180. The summed E-state index contributed by atoms with van der Waals surface area (Å²) in [6, 6.07) is 18.5. The van der Waals surface area contributed by atoms with Crippen molar-refractivity contribution in [1.82, 2.24) is 40.0 Å². The number of rotatable bonds is 12. The first-order valence-corrected chi connectivity index (χ1v) is 19.2. The largest absolute Gasteiger partial charge is 0.505 e. The van der Waals surface area contributed by atoms with Gasteiger partial charge in [-0.2, -0.15) is 25.3 Å². The number of aromatic hydroxyl groups is 2. The van der Waals surface area contributed by atoms with E-state index in [1.54, 1.807) is 86.0 Å². The van der Waals surface area contributed by atoms with Gasteiger partial charge in [-0.15, -0.1) is 30.0 Å². The van der Waals surface area contributed by atoms with Gasteiger partial charge < -0.3 is 33.9 Å². The van der Waals surface area contributed by atoms with Crippen molar-refractivity contribution in [1.29, 1.82) is 0 Å². The summed E-state index contributed by atoms with van der Waals surface area (Å²) in [7, 11) is 2.77. The van der Waals surface area contributed by atoms with Gasteiger partial charge in [-0.05, 0) is 61.5 Å². The van der Waals surface area contributed by atoms with E-state index in [1.807, 2.05) is 0 Å². The number of esters is 2. The van der Waals surface area contributed by atoms with Crippen molar-refractivity contribution >= 4 is 80.8 Å². The summed E-state index contributed by atoms with van der Waals surface area (Å²) in [4.78, 5) is 35.2. The molecule has 0 bridgehead atoms. The SMILES string of the molecule is CCOC(=O)c1cc2nn(-c3ccc4c(OCCS)nccc4c3O)nc2cc1OC.COC(=O)c1cccc2nn(-c3ccc4c(OCCS)nccc4c3O)nc12. The van der Waals surface area contributed by atoms with Crippen LogP contribution >= 0.6 is 25.3 Å². The summed E-state index contributed by atoms with van der Waals surface area (Å²) >= 11 is 8.27. The second-order valence-electron chi connectivity index (χ2n) is 12.3. The summed E-state index contributed by atoms with van der Waals surface area (Å²) in [6.07, 6.45) is 3.12. The number of phenolic OH excluding ortho intramolecular Hbond substituents is 2. The summed E-state index contributed by atoms with van der Waals surface area (Å²) in [6.45, 7) is 2.77. The topological polar surface area (TPSA) is 208 Å². The number of carbonyl (C=O) groups is 2. The molecule has 59 heavy (non-hydrogen) atoms. The molecule has 0 aliphatic heterocycles. The van der Waals surface area contributed by atoms with Crippen molar-refractivity contribution in [3.05, 3.63) is 90.3 Å². The van der Waals surface area contributed by atoms with Gasteiger partial charge in [0.1, 0.15) is 44.8 Å². The minimum absolute atomic E-state index is 0.0180. The molecule has 302 valence electrons. The lowest BCUT2D eigenvalue weighted by Gasteiger charge is -2.10. The van der Waals surface area contributed by atoms with Crippen LogP contribution in [0.15, 0.2) is 79.1 Å². The first kappa shape index (κ1) is 40.3. The second-order valence-corrected chi connectivity index (χ2v) is 13.2. The Morgan fingerprint density at radius 2 is 1.22 bits per heavy atom. The number of methoxy groups -OCH3 is 2. The third-order valence-electron chi connectivity index (χ3n) is 8.82. The van der Waals surface area contributed by atoms with E-state index >= 15 is 0 Å². The molecular formula is C40H36N8O9S2. The number of thiol groups is 2. The molecule has 2 N–H and O–H groups in total. The van der Waals surface area contributed by atoms with Crippen molar-refractivity contribution in [2.45, 2.75) is 6.92 Å². The monoisotopic (exact) mass is 836 g/mol. The van der Waals surface area contributed by atoms with Gasteiger partial charge in [0.25, 0.3) is 0 Å². The fourth-order valence-corrected chi connectivity index (χ4v) is 6.33. The normalized spacial score (nSPS) is 11.1. The molecule has 4 aromatic heterocycles. The molecule has 0 spiro atoms. The smallest absolute Gasteiger partial charge is 0.341 e. The van der Waals surface area contributed by atoms with Crippen molar-refractivity contribution in [3.63, 3.8) is 0 Å². The average Bonchev–Trinajstić information content (AvgIpc) is 3.89. The lowest BCUT2D eigenvalue weighted by atomic mass is 10.1. The number of aromatic nitrogens is 8. The molecule has 0 saturated heterocycles. The van der Waals surface area contributed by atoms with Crippen molar-refractivity contribution in [2.75, 3.05) is 45.5 Å². The van der Waals surface area contributed by atoms with Crippen molar-refractivity contribution in [3.8, 4) is 40.4 Å². The third-order valence-corrected chi connectivity index (χ3v) is 9.19. The van der Waals surface area contributed by atoms with E-state index in [1.165, 1.54) is 23.8 Å². The van der Waals surface area contributed by atoms with Crippen LogP contribution in [-0.2, 0) is 9.47 Å². The quantitative estimate of drug-likeness (QED) is 0.0830. The van der Waals surface area contributed by atoms with E-state index in [4.69, 9.17) is 23.7 Å². The summed E-state index contributed by atoms with van der Waals surface area (Å²) in [5.41, 5.74) is 3.14. The lowest BCUT2D eigenvalue weighted by Crippen LogP contribution is -2.06. The maximum absolute atomic E-state index is 12.2. The Labute approximate surface area is 346 Å². The molecule has 19 heteroatoms. The maximum atomic E-state index is 12.2. The first-order chi connectivity index (χ1) is 28.7. The molecule has 4 aromatic carbocycles. The average molecular weight is 837 g/mol. The number of nitrogens with zero attached hydrogens (tertiary/aromatic N) is 8. The van der Waals surface area contributed by atoms with Gasteiger partial charge in [0.2, 0.25) is 11.8 Å². The minimum Gasteiger partial charge on any atom is -0.505 e. The lowest BCUT2D eigenvalue weighted by molar-refractivity contribution is 0.0521. The number of ether oxygens (including phenoxy) is 5. The second kappa shape index (κ2) is 17.7. The van der Waals surface area contributed by atoms with E-state index in [0.717, 1.165) is 0 Å². The van der Waals surface area contributed by atoms with E-state index in [-0.39, 0.29) is 23.7 Å². The first-order valence-electron chi connectivity index (χ1n) is 18.0. The summed E-state index contributed by atoms with van der Waals surface area (Å²) in [5.74, 6) is 1.21. The Hall–Kier alpha value is -6.86. The predicted molar refractivity (Wildman–Crippen MR) is 224 cm³/mol. The third kappa shape index (κ3) is 8.01. The molecular weight excluding hydrogens is 801 g/mol. The molecule has 8 rings (SSSR count). The number of phenols is 2. The Morgan fingerprint density at radius 3 is 1.76 bits per heavy atom. The van der Waals surface area contributed by atoms with Crippen LogP contribution in [0, 0.1) is 0 Å². The van der Waals surface area contributed by atoms with Crippen molar-refractivity contribution < 1.29 is 43.5 Å². The number of hydrogen-bond donors (Lipinski definition) is 4. The van der Waals surface area contributed by atoms with Gasteiger partial charge in [0.15, 0.2) is 11.5 Å². The highest BCUT2D eigenvalue weighted by molar-refractivity contribution is 7.80. The zero-order valence-electron chi connectivity index (χ0n) is 31.8. The highest BCUT2D eigenvalue weighted by Crippen LogP contribution is 2.36. The molecule has 0 atom stereocenters. The molecule has 8 aromatic rings. The van der Waals surface area contributed by atoms with E-state index in [0.29, 0.717) is 103 Å². The van der Waals surface area contributed by atoms with Gasteiger partial charge in [-0.25, -0.2) is 19.6 Å². The van der Waals surface area contributed by atoms with E-state index in [9.17, 15) is 19.8 Å².